The van der Waals surface area contributed by atoms with Crippen LogP contribution >= 0.6 is 11.8 Å². The van der Waals surface area contributed by atoms with E-state index in [2.05, 4.69) is 27.6 Å². The van der Waals surface area contributed by atoms with Gasteiger partial charge in [-0.25, -0.2) is 0 Å². The quantitative estimate of drug-likeness (QED) is 0.664. The van der Waals surface area contributed by atoms with Crippen LogP contribution in [0.1, 0.15) is 24.8 Å². The highest BCUT2D eigenvalue weighted by molar-refractivity contribution is 7.99. The lowest BCUT2D eigenvalue weighted by molar-refractivity contribution is -0.121. The first kappa shape index (κ1) is 17.8. The largest absolute Gasteiger partial charge is 0.346 e. The lowest BCUT2D eigenvalue weighted by Crippen LogP contribution is -2.51. The molecule has 1 aliphatic carbocycles. The zero-order valence-electron chi connectivity index (χ0n) is 15.3. The third-order valence-electron chi connectivity index (χ3n) is 5.11. The summed E-state index contributed by atoms with van der Waals surface area (Å²) in [6, 6.07) is 20.2. The van der Waals surface area contributed by atoms with Crippen LogP contribution < -0.4 is 5.32 Å². The van der Waals surface area contributed by atoms with E-state index in [1.54, 1.807) is 0 Å². The van der Waals surface area contributed by atoms with Crippen molar-refractivity contribution in [3.05, 3.63) is 66.2 Å². The summed E-state index contributed by atoms with van der Waals surface area (Å²) in [6.07, 6.45) is 3.14. The third kappa shape index (κ3) is 3.62. The molecule has 1 amide bonds. The summed E-state index contributed by atoms with van der Waals surface area (Å²) in [5, 5.41) is 12.5. The molecule has 0 bridgehead atoms. The van der Waals surface area contributed by atoms with Crippen molar-refractivity contribution in [2.24, 2.45) is 7.05 Å². The smallest absolute Gasteiger partial charge is 0.231 e. The Balaban J connectivity index is 1.41. The summed E-state index contributed by atoms with van der Waals surface area (Å²) < 4.78 is 1.93. The minimum atomic E-state index is -0.200. The number of carbonyl (C=O) groups is 1. The van der Waals surface area contributed by atoms with Gasteiger partial charge in [-0.3, -0.25) is 4.79 Å². The first-order valence-electron chi connectivity index (χ1n) is 9.12. The average Bonchev–Trinajstić information content (AvgIpc) is 3.05. The number of hydrogen-bond acceptors (Lipinski definition) is 4. The van der Waals surface area contributed by atoms with Gasteiger partial charge in [0, 0.05) is 12.6 Å². The molecule has 3 aromatic rings. The van der Waals surface area contributed by atoms with Crippen LogP contribution in [0.15, 0.2) is 65.8 Å². The third-order valence-corrected chi connectivity index (χ3v) is 6.13. The van der Waals surface area contributed by atoms with E-state index in [9.17, 15) is 4.79 Å². The molecule has 0 atom stereocenters. The number of carbonyl (C=O) groups excluding carboxylic acids is 1. The molecule has 5 nitrogen and oxygen atoms in total. The van der Waals surface area contributed by atoms with Gasteiger partial charge in [-0.05, 0) is 24.8 Å². The van der Waals surface area contributed by atoms with Gasteiger partial charge in [0.15, 0.2) is 11.0 Å². The molecule has 27 heavy (non-hydrogen) atoms. The second kappa shape index (κ2) is 7.56. The Bertz CT molecular complexity index is 920. The van der Waals surface area contributed by atoms with Crippen molar-refractivity contribution in [3.8, 4) is 11.4 Å². The van der Waals surface area contributed by atoms with Crippen molar-refractivity contribution in [2.75, 3.05) is 5.75 Å². The molecule has 138 valence electrons. The molecule has 1 N–H and O–H groups in total. The number of rotatable bonds is 6. The minimum absolute atomic E-state index is 0.0350. The van der Waals surface area contributed by atoms with Gasteiger partial charge in [0.25, 0.3) is 0 Å². The first-order chi connectivity index (χ1) is 13.2. The normalized spacial score (nSPS) is 15.1. The summed E-state index contributed by atoms with van der Waals surface area (Å²) in [5.41, 5.74) is 2.01. The lowest BCUT2D eigenvalue weighted by Gasteiger charge is -2.43. The highest BCUT2D eigenvalue weighted by Crippen LogP contribution is 2.41. The van der Waals surface area contributed by atoms with Crippen LogP contribution in [0, 0.1) is 0 Å². The van der Waals surface area contributed by atoms with Gasteiger partial charge in [-0.1, -0.05) is 72.4 Å². The van der Waals surface area contributed by atoms with E-state index in [0.29, 0.717) is 5.75 Å². The molecule has 1 saturated carbocycles. The van der Waals surface area contributed by atoms with Crippen molar-refractivity contribution in [1.82, 2.24) is 20.1 Å². The van der Waals surface area contributed by atoms with Gasteiger partial charge in [0.1, 0.15) is 0 Å². The summed E-state index contributed by atoms with van der Waals surface area (Å²) in [5.74, 6) is 1.17. The fraction of sp³-hybridized carbons (Fsp3) is 0.286. The number of hydrogen-bond donors (Lipinski definition) is 1. The average molecular weight is 379 g/mol. The van der Waals surface area contributed by atoms with Crippen LogP contribution in [0.25, 0.3) is 11.4 Å². The molecule has 1 aliphatic rings. The monoisotopic (exact) mass is 378 g/mol. The molecule has 1 heterocycles. The molecule has 1 fully saturated rings. The second-order valence-electron chi connectivity index (χ2n) is 6.87. The zero-order valence-corrected chi connectivity index (χ0v) is 16.1. The Hall–Kier alpha value is -2.60. The summed E-state index contributed by atoms with van der Waals surface area (Å²) in [7, 11) is 1.93. The van der Waals surface area contributed by atoms with E-state index in [-0.39, 0.29) is 11.4 Å². The number of aromatic nitrogens is 3. The topological polar surface area (TPSA) is 59.8 Å². The number of nitrogens with zero attached hydrogens (tertiary/aromatic N) is 3. The molecule has 2 aromatic carbocycles. The Morgan fingerprint density at radius 1 is 1.07 bits per heavy atom. The van der Waals surface area contributed by atoms with E-state index in [4.69, 9.17) is 0 Å². The van der Waals surface area contributed by atoms with Crippen molar-refractivity contribution < 1.29 is 4.79 Å². The predicted octanol–water partition coefficient (Wildman–Crippen LogP) is 3.77. The minimum Gasteiger partial charge on any atom is -0.346 e. The number of amides is 1. The Morgan fingerprint density at radius 3 is 2.37 bits per heavy atom. The number of nitrogens with one attached hydrogen (secondary N) is 1. The summed E-state index contributed by atoms with van der Waals surface area (Å²) >= 11 is 1.42. The fourth-order valence-electron chi connectivity index (χ4n) is 3.49. The predicted molar refractivity (Wildman–Crippen MR) is 107 cm³/mol. The summed E-state index contributed by atoms with van der Waals surface area (Å²) in [6.45, 7) is 0. The van der Waals surface area contributed by atoms with E-state index >= 15 is 0 Å². The Kier molecular flexibility index (Phi) is 4.99. The molecule has 0 unspecified atom stereocenters. The van der Waals surface area contributed by atoms with E-state index in [0.717, 1.165) is 35.8 Å². The molecular weight excluding hydrogens is 356 g/mol. The van der Waals surface area contributed by atoms with Crippen LogP contribution in [-0.2, 0) is 17.4 Å². The van der Waals surface area contributed by atoms with Gasteiger partial charge in [0.05, 0.1) is 11.3 Å². The Labute approximate surface area is 163 Å². The number of thioether (sulfide) groups is 1. The standard InChI is InChI=1S/C21H22N4OS/c1-25-19(16-9-4-2-5-10-16)23-24-20(25)27-15-18(26)22-21(13-8-14-21)17-11-6-3-7-12-17/h2-7,9-12H,8,13-15H2,1H3,(H,22,26). The molecule has 0 saturated heterocycles. The molecule has 0 spiro atoms. The molecule has 0 aliphatic heterocycles. The molecule has 6 heteroatoms. The first-order valence-corrected chi connectivity index (χ1v) is 10.1. The number of benzene rings is 2. The van der Waals surface area contributed by atoms with Gasteiger partial charge >= 0.3 is 0 Å². The Morgan fingerprint density at radius 2 is 1.74 bits per heavy atom. The maximum absolute atomic E-state index is 12.6. The van der Waals surface area contributed by atoms with Crippen molar-refractivity contribution in [1.29, 1.82) is 0 Å². The summed E-state index contributed by atoms with van der Waals surface area (Å²) in [4.78, 5) is 12.6. The SMILES string of the molecule is Cn1c(SCC(=O)NC2(c3ccccc3)CCC2)nnc1-c1ccccc1. The van der Waals surface area contributed by atoms with Gasteiger partial charge in [-0.15, -0.1) is 10.2 Å². The van der Waals surface area contributed by atoms with Crippen LogP contribution in [0.4, 0.5) is 0 Å². The fourth-order valence-corrected chi connectivity index (χ4v) is 4.20. The van der Waals surface area contributed by atoms with E-state index in [1.165, 1.54) is 17.3 Å². The van der Waals surface area contributed by atoms with E-state index < -0.39 is 0 Å². The van der Waals surface area contributed by atoms with Crippen LogP contribution in [0.2, 0.25) is 0 Å². The van der Waals surface area contributed by atoms with Crippen LogP contribution in [-0.4, -0.2) is 26.4 Å². The van der Waals surface area contributed by atoms with Crippen molar-refractivity contribution in [3.63, 3.8) is 0 Å². The highest BCUT2D eigenvalue weighted by Gasteiger charge is 2.39. The van der Waals surface area contributed by atoms with Crippen molar-refractivity contribution >= 4 is 17.7 Å². The van der Waals surface area contributed by atoms with Gasteiger partial charge < -0.3 is 9.88 Å². The molecule has 4 rings (SSSR count). The zero-order chi connectivity index (χ0) is 18.7. The van der Waals surface area contributed by atoms with Crippen molar-refractivity contribution in [2.45, 2.75) is 30.0 Å². The van der Waals surface area contributed by atoms with Gasteiger partial charge in [0.2, 0.25) is 5.91 Å². The lowest BCUT2D eigenvalue weighted by atomic mass is 9.72. The highest BCUT2D eigenvalue weighted by atomic mass is 32.2. The van der Waals surface area contributed by atoms with E-state index in [1.807, 2.05) is 60.1 Å². The maximum atomic E-state index is 12.6. The van der Waals surface area contributed by atoms with Crippen LogP contribution in [0.3, 0.4) is 0 Å². The van der Waals surface area contributed by atoms with Crippen LogP contribution in [0.5, 0.6) is 0 Å². The molecule has 1 aromatic heterocycles. The molecular formula is C21H22N4OS. The second-order valence-corrected chi connectivity index (χ2v) is 7.81. The van der Waals surface area contributed by atoms with Gasteiger partial charge in [-0.2, -0.15) is 0 Å². The molecule has 0 radical (unpaired) electrons. The maximum Gasteiger partial charge on any atom is 0.231 e.